The number of anilines is 1. The number of nitrogens with zero attached hydrogens (tertiary/aromatic N) is 3. The molecular weight excluding hydrogens is 270 g/mol. The van der Waals surface area contributed by atoms with Crippen LogP contribution in [0.4, 0.5) is 11.4 Å². The monoisotopic (exact) mass is 291 g/mol. The van der Waals surface area contributed by atoms with E-state index in [1.807, 2.05) is 0 Å². The predicted octanol–water partition coefficient (Wildman–Crippen LogP) is 2.33. The first-order valence-electron chi connectivity index (χ1n) is 7.07. The van der Waals surface area contributed by atoms with Gasteiger partial charge in [-0.15, -0.1) is 0 Å². The number of nitro groups is 1. The Bertz CT molecular complexity index is 561. The van der Waals surface area contributed by atoms with Crippen molar-refractivity contribution in [3.05, 3.63) is 33.9 Å². The summed E-state index contributed by atoms with van der Waals surface area (Å²) in [5.74, 6) is -0.145. The second-order valence-electron chi connectivity index (χ2n) is 5.78. The van der Waals surface area contributed by atoms with Gasteiger partial charge in [-0.2, -0.15) is 0 Å². The van der Waals surface area contributed by atoms with Crippen molar-refractivity contribution in [3.8, 4) is 0 Å². The van der Waals surface area contributed by atoms with E-state index in [-0.39, 0.29) is 11.5 Å². The third kappa shape index (κ3) is 3.05. The zero-order valence-corrected chi connectivity index (χ0v) is 12.9. The summed E-state index contributed by atoms with van der Waals surface area (Å²) < 4.78 is 0. The summed E-state index contributed by atoms with van der Waals surface area (Å²) in [6.07, 6.45) is 0. The van der Waals surface area contributed by atoms with E-state index in [4.69, 9.17) is 0 Å². The fourth-order valence-corrected chi connectivity index (χ4v) is 2.80. The second-order valence-corrected chi connectivity index (χ2v) is 5.78. The Kier molecular flexibility index (Phi) is 4.27. The molecule has 1 aliphatic heterocycles. The molecule has 0 aromatic heterocycles. The van der Waals surface area contributed by atoms with Gasteiger partial charge in [0, 0.05) is 48.6 Å². The maximum Gasteiger partial charge on any atom is 0.270 e. The van der Waals surface area contributed by atoms with Gasteiger partial charge >= 0.3 is 0 Å². The summed E-state index contributed by atoms with van der Waals surface area (Å²) in [6.45, 7) is 7.34. The third-order valence-electron chi connectivity index (χ3n) is 4.27. The number of Topliss-reactive ketones (excluding diaryl/α,β-unsaturated/α-hetero) is 1. The number of hydrogen-bond donors (Lipinski definition) is 0. The van der Waals surface area contributed by atoms with Gasteiger partial charge in [0.05, 0.1) is 4.92 Å². The second kappa shape index (κ2) is 5.81. The summed E-state index contributed by atoms with van der Waals surface area (Å²) in [5, 5.41) is 10.9. The van der Waals surface area contributed by atoms with Gasteiger partial charge in [0.1, 0.15) is 0 Å². The van der Waals surface area contributed by atoms with E-state index in [9.17, 15) is 14.9 Å². The van der Waals surface area contributed by atoms with E-state index in [0.717, 1.165) is 18.8 Å². The lowest BCUT2D eigenvalue weighted by Crippen LogP contribution is -2.55. The van der Waals surface area contributed by atoms with Crippen LogP contribution in [0, 0.1) is 10.1 Å². The number of carbonyl (C=O) groups is 1. The SMILES string of the molecule is CC(=O)c1cc([N+](=O)[O-])ccc1N1CC(C)N(C)C(C)C1. The van der Waals surface area contributed by atoms with Gasteiger partial charge < -0.3 is 4.90 Å². The molecule has 2 unspecified atom stereocenters. The van der Waals surface area contributed by atoms with E-state index < -0.39 is 4.92 Å². The van der Waals surface area contributed by atoms with Crippen molar-refractivity contribution in [3.63, 3.8) is 0 Å². The van der Waals surface area contributed by atoms with E-state index in [2.05, 4.69) is 30.7 Å². The van der Waals surface area contributed by atoms with Gasteiger partial charge in [-0.05, 0) is 33.9 Å². The maximum atomic E-state index is 11.9. The highest BCUT2D eigenvalue weighted by molar-refractivity contribution is 6.00. The molecule has 1 aliphatic rings. The summed E-state index contributed by atoms with van der Waals surface area (Å²) in [5.41, 5.74) is 1.17. The lowest BCUT2D eigenvalue weighted by molar-refractivity contribution is -0.384. The minimum atomic E-state index is -0.467. The number of ketones is 1. The zero-order chi connectivity index (χ0) is 15.7. The van der Waals surface area contributed by atoms with E-state index >= 15 is 0 Å². The Morgan fingerprint density at radius 1 is 1.29 bits per heavy atom. The van der Waals surface area contributed by atoms with Crippen molar-refractivity contribution in [1.82, 2.24) is 4.90 Å². The number of benzene rings is 1. The predicted molar refractivity (Wildman–Crippen MR) is 82.0 cm³/mol. The first-order chi connectivity index (χ1) is 9.81. The van der Waals surface area contributed by atoms with Gasteiger partial charge in [0.2, 0.25) is 0 Å². The van der Waals surface area contributed by atoms with Gasteiger partial charge in [-0.25, -0.2) is 0 Å². The Morgan fingerprint density at radius 2 is 1.86 bits per heavy atom. The number of rotatable bonds is 3. The highest BCUT2D eigenvalue weighted by Crippen LogP contribution is 2.28. The van der Waals surface area contributed by atoms with Crippen LogP contribution in [0.15, 0.2) is 18.2 Å². The van der Waals surface area contributed by atoms with Gasteiger partial charge in [0.15, 0.2) is 5.78 Å². The van der Waals surface area contributed by atoms with Crippen LogP contribution in [0.3, 0.4) is 0 Å². The maximum absolute atomic E-state index is 11.9. The van der Waals surface area contributed by atoms with Crippen LogP contribution in [-0.2, 0) is 0 Å². The smallest absolute Gasteiger partial charge is 0.270 e. The Morgan fingerprint density at radius 3 is 2.33 bits per heavy atom. The topological polar surface area (TPSA) is 66.7 Å². The standard InChI is InChI=1S/C15H21N3O3/c1-10-8-17(9-11(2)16(10)4)15-6-5-13(18(20)21)7-14(15)12(3)19/h5-7,10-11H,8-9H2,1-4H3. The van der Waals surface area contributed by atoms with E-state index in [1.54, 1.807) is 6.07 Å². The quantitative estimate of drug-likeness (QED) is 0.486. The largest absolute Gasteiger partial charge is 0.368 e. The summed E-state index contributed by atoms with van der Waals surface area (Å²) in [6, 6.07) is 5.27. The first kappa shape index (κ1) is 15.4. The van der Waals surface area contributed by atoms with Crippen molar-refractivity contribution in [2.75, 3.05) is 25.0 Å². The molecule has 2 rings (SSSR count). The average molecular weight is 291 g/mol. The highest BCUT2D eigenvalue weighted by atomic mass is 16.6. The summed E-state index contributed by atoms with van der Waals surface area (Å²) in [4.78, 5) is 26.7. The Balaban J connectivity index is 2.39. The lowest BCUT2D eigenvalue weighted by Gasteiger charge is -2.43. The molecule has 1 aromatic carbocycles. The van der Waals surface area contributed by atoms with Gasteiger partial charge in [-0.3, -0.25) is 19.8 Å². The molecule has 0 N–H and O–H groups in total. The molecule has 0 radical (unpaired) electrons. The molecule has 0 amide bonds. The minimum Gasteiger partial charge on any atom is -0.368 e. The van der Waals surface area contributed by atoms with Crippen molar-refractivity contribution in [2.24, 2.45) is 0 Å². The van der Waals surface area contributed by atoms with E-state index in [0.29, 0.717) is 17.6 Å². The molecule has 1 heterocycles. The number of likely N-dealkylation sites (N-methyl/N-ethyl adjacent to an activating group) is 1. The molecule has 21 heavy (non-hydrogen) atoms. The van der Waals surface area contributed by atoms with Gasteiger partial charge in [-0.1, -0.05) is 0 Å². The van der Waals surface area contributed by atoms with Gasteiger partial charge in [0.25, 0.3) is 5.69 Å². The molecule has 0 aliphatic carbocycles. The van der Waals surface area contributed by atoms with E-state index in [1.165, 1.54) is 19.1 Å². The molecule has 1 aromatic rings. The van der Waals surface area contributed by atoms with Crippen molar-refractivity contribution in [1.29, 1.82) is 0 Å². The van der Waals surface area contributed by atoms with Crippen molar-refractivity contribution >= 4 is 17.2 Å². The molecular formula is C15H21N3O3. The Hall–Kier alpha value is -1.95. The van der Waals surface area contributed by atoms with Crippen LogP contribution in [0.5, 0.6) is 0 Å². The number of carbonyl (C=O) groups excluding carboxylic acids is 1. The fraction of sp³-hybridized carbons (Fsp3) is 0.533. The fourth-order valence-electron chi connectivity index (χ4n) is 2.80. The molecule has 0 saturated carbocycles. The van der Waals surface area contributed by atoms with Crippen LogP contribution in [0.25, 0.3) is 0 Å². The third-order valence-corrected chi connectivity index (χ3v) is 4.27. The molecule has 114 valence electrons. The normalized spacial score (nSPS) is 23.1. The Labute approximate surface area is 124 Å². The molecule has 6 heteroatoms. The summed E-state index contributed by atoms with van der Waals surface area (Å²) in [7, 11) is 2.09. The van der Waals surface area contributed by atoms with Crippen LogP contribution < -0.4 is 4.90 Å². The molecule has 6 nitrogen and oxygen atoms in total. The molecule has 0 bridgehead atoms. The lowest BCUT2D eigenvalue weighted by atomic mass is 10.0. The van der Waals surface area contributed by atoms with Crippen LogP contribution in [0.1, 0.15) is 31.1 Å². The molecule has 2 atom stereocenters. The van der Waals surface area contributed by atoms with Crippen LogP contribution in [-0.4, -0.2) is 47.8 Å². The first-order valence-corrected chi connectivity index (χ1v) is 7.07. The molecule has 1 fully saturated rings. The number of piperazine rings is 1. The number of nitro benzene ring substituents is 1. The molecule has 0 spiro atoms. The number of hydrogen-bond acceptors (Lipinski definition) is 5. The van der Waals surface area contributed by atoms with Crippen molar-refractivity contribution in [2.45, 2.75) is 32.9 Å². The van der Waals surface area contributed by atoms with Crippen LogP contribution in [0.2, 0.25) is 0 Å². The molecule has 1 saturated heterocycles. The highest BCUT2D eigenvalue weighted by Gasteiger charge is 2.28. The van der Waals surface area contributed by atoms with Crippen molar-refractivity contribution < 1.29 is 9.72 Å². The summed E-state index contributed by atoms with van der Waals surface area (Å²) >= 11 is 0. The minimum absolute atomic E-state index is 0.0424. The van der Waals surface area contributed by atoms with Crippen LogP contribution >= 0.6 is 0 Å². The number of non-ortho nitro benzene ring substituents is 1. The average Bonchev–Trinajstić information content (AvgIpc) is 2.43. The zero-order valence-electron chi connectivity index (χ0n) is 12.9.